The van der Waals surface area contributed by atoms with Crippen LogP contribution in [-0.2, 0) is 0 Å². The molecule has 1 unspecified atom stereocenters. The van der Waals surface area contributed by atoms with Gasteiger partial charge in [-0.25, -0.2) is 0 Å². The first-order valence-electron chi connectivity index (χ1n) is 6.55. The summed E-state index contributed by atoms with van der Waals surface area (Å²) in [5.41, 5.74) is 3.69. The molecule has 100 valence electrons. The lowest BCUT2D eigenvalue weighted by Gasteiger charge is -2.19. The van der Waals surface area contributed by atoms with E-state index in [1.807, 2.05) is 24.3 Å². The van der Waals surface area contributed by atoms with Crippen LogP contribution in [0.2, 0.25) is 0 Å². The minimum Gasteiger partial charge on any atom is -0.486 e. The van der Waals surface area contributed by atoms with Crippen LogP contribution < -0.4 is 4.74 Å². The van der Waals surface area contributed by atoms with E-state index in [9.17, 15) is 0 Å². The summed E-state index contributed by atoms with van der Waals surface area (Å²) in [6.07, 6.45) is 0.819. The molecule has 0 fully saturated rings. The highest BCUT2D eigenvalue weighted by Crippen LogP contribution is 2.26. The minimum atomic E-state index is 0.0146. The third kappa shape index (κ3) is 3.74. The number of alkyl halides is 1. The van der Waals surface area contributed by atoms with E-state index in [1.165, 1.54) is 16.7 Å². The molecule has 2 rings (SSSR count). The number of hydrogen-bond donors (Lipinski definition) is 0. The Balaban J connectivity index is 2.19. The molecule has 1 atom stereocenters. The van der Waals surface area contributed by atoms with E-state index in [0.717, 1.165) is 12.2 Å². The predicted molar refractivity (Wildman–Crippen MR) is 81.1 cm³/mol. The van der Waals surface area contributed by atoms with Gasteiger partial charge in [-0.15, -0.1) is 11.6 Å². The normalized spacial score (nSPS) is 12.2. The van der Waals surface area contributed by atoms with Gasteiger partial charge in [0, 0.05) is 12.3 Å². The van der Waals surface area contributed by atoms with E-state index in [-0.39, 0.29) is 6.10 Å². The monoisotopic (exact) mass is 274 g/mol. The summed E-state index contributed by atoms with van der Waals surface area (Å²) in [7, 11) is 0. The number of aryl methyl sites for hydroxylation is 2. The molecule has 2 aromatic carbocycles. The van der Waals surface area contributed by atoms with Gasteiger partial charge >= 0.3 is 0 Å². The van der Waals surface area contributed by atoms with Gasteiger partial charge in [-0.1, -0.05) is 36.4 Å². The van der Waals surface area contributed by atoms with E-state index in [1.54, 1.807) is 0 Å². The van der Waals surface area contributed by atoms with Crippen LogP contribution in [0, 0.1) is 13.8 Å². The second-order valence-electron chi connectivity index (χ2n) is 4.74. The molecule has 2 aromatic rings. The smallest absolute Gasteiger partial charge is 0.125 e. The van der Waals surface area contributed by atoms with Crippen molar-refractivity contribution in [2.24, 2.45) is 0 Å². The maximum Gasteiger partial charge on any atom is 0.125 e. The molecule has 1 nitrogen and oxygen atoms in total. The van der Waals surface area contributed by atoms with Gasteiger partial charge in [0.2, 0.25) is 0 Å². The van der Waals surface area contributed by atoms with Crippen molar-refractivity contribution in [3.8, 4) is 5.75 Å². The molecule has 0 aromatic heterocycles. The van der Waals surface area contributed by atoms with Crippen LogP contribution in [0.3, 0.4) is 0 Å². The first-order chi connectivity index (χ1) is 9.20. The number of halogens is 1. The van der Waals surface area contributed by atoms with Gasteiger partial charge in [0.25, 0.3) is 0 Å². The Morgan fingerprint density at radius 3 is 2.37 bits per heavy atom. The van der Waals surface area contributed by atoms with Crippen LogP contribution in [0.15, 0.2) is 48.5 Å². The highest BCUT2D eigenvalue weighted by molar-refractivity contribution is 6.17. The summed E-state index contributed by atoms with van der Waals surface area (Å²) < 4.78 is 6.09. The number of benzene rings is 2. The van der Waals surface area contributed by atoms with Crippen LogP contribution in [0.1, 0.15) is 29.2 Å². The lowest BCUT2D eigenvalue weighted by atomic mass is 10.1. The average Bonchev–Trinajstić information content (AvgIpc) is 2.43. The van der Waals surface area contributed by atoms with Crippen LogP contribution in [0.25, 0.3) is 0 Å². The molecule has 0 spiro atoms. The lowest BCUT2D eigenvalue weighted by Crippen LogP contribution is -2.08. The van der Waals surface area contributed by atoms with Crippen molar-refractivity contribution < 1.29 is 4.74 Å². The van der Waals surface area contributed by atoms with Crippen molar-refractivity contribution in [3.63, 3.8) is 0 Å². The van der Waals surface area contributed by atoms with Gasteiger partial charge < -0.3 is 4.74 Å². The fraction of sp³-hybridized carbons (Fsp3) is 0.294. The molecule has 0 aliphatic rings. The quantitative estimate of drug-likeness (QED) is 0.693. The summed E-state index contributed by atoms with van der Waals surface area (Å²) >= 11 is 5.89. The third-order valence-corrected chi connectivity index (χ3v) is 3.52. The molecule has 0 aliphatic carbocycles. The summed E-state index contributed by atoms with van der Waals surface area (Å²) in [6.45, 7) is 4.20. The second-order valence-corrected chi connectivity index (χ2v) is 5.12. The van der Waals surface area contributed by atoms with Gasteiger partial charge in [0.15, 0.2) is 0 Å². The Morgan fingerprint density at radius 1 is 1.00 bits per heavy atom. The third-order valence-electron chi connectivity index (χ3n) is 3.30. The minimum absolute atomic E-state index is 0.0146. The molecule has 0 N–H and O–H groups in total. The van der Waals surface area contributed by atoms with Crippen LogP contribution in [-0.4, -0.2) is 5.88 Å². The summed E-state index contributed by atoms with van der Waals surface area (Å²) in [4.78, 5) is 0. The molecule has 0 saturated carbocycles. The van der Waals surface area contributed by atoms with Crippen LogP contribution >= 0.6 is 11.6 Å². The summed E-state index contributed by atoms with van der Waals surface area (Å²) in [6, 6.07) is 16.4. The number of rotatable bonds is 5. The van der Waals surface area contributed by atoms with Crippen LogP contribution in [0.5, 0.6) is 5.75 Å². The van der Waals surface area contributed by atoms with Gasteiger partial charge in [-0.05, 0) is 42.7 Å². The Morgan fingerprint density at radius 2 is 1.74 bits per heavy atom. The lowest BCUT2D eigenvalue weighted by molar-refractivity contribution is 0.202. The predicted octanol–water partition coefficient (Wildman–Crippen LogP) is 5.05. The zero-order valence-electron chi connectivity index (χ0n) is 11.4. The maximum atomic E-state index is 6.09. The molecule has 0 bridgehead atoms. The van der Waals surface area contributed by atoms with Crippen molar-refractivity contribution in [2.45, 2.75) is 26.4 Å². The highest BCUT2D eigenvalue weighted by atomic mass is 35.5. The second kappa shape index (κ2) is 6.63. The number of hydrogen-bond acceptors (Lipinski definition) is 1. The zero-order chi connectivity index (χ0) is 13.7. The topological polar surface area (TPSA) is 9.23 Å². The van der Waals surface area contributed by atoms with Crippen molar-refractivity contribution >= 4 is 11.6 Å². The van der Waals surface area contributed by atoms with Gasteiger partial charge in [-0.2, -0.15) is 0 Å². The van der Waals surface area contributed by atoms with Gasteiger partial charge in [0.1, 0.15) is 11.9 Å². The van der Waals surface area contributed by atoms with Gasteiger partial charge in [-0.3, -0.25) is 0 Å². The van der Waals surface area contributed by atoms with Crippen molar-refractivity contribution in [2.75, 3.05) is 5.88 Å². The molecular weight excluding hydrogens is 256 g/mol. The molecular formula is C17H19ClO. The van der Waals surface area contributed by atoms with Crippen molar-refractivity contribution in [1.82, 2.24) is 0 Å². The maximum absolute atomic E-state index is 6.09. The molecule has 0 saturated heterocycles. The SMILES string of the molecule is Cc1ccc(OC(CCCl)c2ccccc2)cc1C. The molecule has 19 heavy (non-hydrogen) atoms. The highest BCUT2D eigenvalue weighted by Gasteiger charge is 2.12. The molecule has 2 heteroatoms. The van der Waals surface area contributed by atoms with Crippen LogP contribution in [0.4, 0.5) is 0 Å². The van der Waals surface area contributed by atoms with Gasteiger partial charge in [0.05, 0.1) is 0 Å². The van der Waals surface area contributed by atoms with Crippen molar-refractivity contribution in [1.29, 1.82) is 0 Å². The van der Waals surface area contributed by atoms with E-state index < -0.39 is 0 Å². The summed E-state index contributed by atoms with van der Waals surface area (Å²) in [5, 5.41) is 0. The Hall–Kier alpha value is -1.47. The molecule has 0 amide bonds. The average molecular weight is 275 g/mol. The summed E-state index contributed by atoms with van der Waals surface area (Å²) in [5.74, 6) is 1.49. The molecule has 0 heterocycles. The Bertz CT molecular complexity index is 522. The van der Waals surface area contributed by atoms with E-state index in [2.05, 4.69) is 38.1 Å². The van der Waals surface area contributed by atoms with E-state index in [0.29, 0.717) is 5.88 Å². The Labute approximate surface area is 120 Å². The zero-order valence-corrected chi connectivity index (χ0v) is 12.2. The van der Waals surface area contributed by atoms with Crippen molar-refractivity contribution in [3.05, 3.63) is 65.2 Å². The number of ether oxygens (including phenoxy) is 1. The fourth-order valence-corrected chi connectivity index (χ4v) is 2.21. The molecule has 0 radical (unpaired) electrons. The first kappa shape index (κ1) is 14.0. The first-order valence-corrected chi connectivity index (χ1v) is 7.09. The Kier molecular flexibility index (Phi) is 4.86. The van der Waals surface area contributed by atoms with E-state index >= 15 is 0 Å². The molecule has 0 aliphatic heterocycles. The standard InChI is InChI=1S/C17H19ClO/c1-13-8-9-16(12-14(13)2)19-17(10-11-18)15-6-4-3-5-7-15/h3-9,12,17H,10-11H2,1-2H3. The largest absolute Gasteiger partial charge is 0.486 e. The fourth-order valence-electron chi connectivity index (χ4n) is 2.01. The van der Waals surface area contributed by atoms with E-state index in [4.69, 9.17) is 16.3 Å².